The second kappa shape index (κ2) is 5.47. The highest BCUT2D eigenvalue weighted by Gasteiger charge is 2.33. The van der Waals surface area contributed by atoms with Gasteiger partial charge in [-0.05, 0) is 31.1 Å². The molecule has 3 nitrogen and oxygen atoms in total. The molecule has 0 aromatic rings. The molecular formula is C11H25O3Si2-. The summed E-state index contributed by atoms with van der Waals surface area (Å²) in [4.78, 5) is 11.2. The lowest BCUT2D eigenvalue weighted by atomic mass is 10.1. The Labute approximate surface area is 101 Å². The predicted molar refractivity (Wildman–Crippen MR) is 70.6 cm³/mol. The first-order valence-electron chi connectivity index (χ1n) is 5.80. The summed E-state index contributed by atoms with van der Waals surface area (Å²) in [5.41, 5.74) is -0.330. The molecule has 96 valence electrons. The van der Waals surface area contributed by atoms with Gasteiger partial charge in [0, 0.05) is 12.6 Å². The number of rotatable bonds is 6. The van der Waals surface area contributed by atoms with Crippen molar-refractivity contribution in [3.05, 3.63) is 0 Å². The third-order valence-electron chi connectivity index (χ3n) is 2.54. The van der Waals surface area contributed by atoms with Gasteiger partial charge in [-0.2, -0.15) is 0 Å². The quantitative estimate of drug-likeness (QED) is 0.687. The Hall–Kier alpha value is -0.136. The van der Waals surface area contributed by atoms with Gasteiger partial charge >= 0.3 is 0 Å². The predicted octanol–water partition coefficient (Wildman–Crippen LogP) is 1.93. The number of carbonyl (C=O) groups excluding carboxylic acids is 1. The Morgan fingerprint density at radius 1 is 1.19 bits per heavy atom. The number of hydrogen-bond donors (Lipinski definition) is 0. The number of hydrogen-bond acceptors (Lipinski definition) is 3. The molecule has 0 aliphatic heterocycles. The van der Waals surface area contributed by atoms with Crippen LogP contribution in [0.15, 0.2) is 0 Å². The summed E-state index contributed by atoms with van der Waals surface area (Å²) in [7, 11) is -3.29. The van der Waals surface area contributed by atoms with E-state index < -0.39 is 22.4 Å². The molecule has 0 aliphatic rings. The van der Waals surface area contributed by atoms with Gasteiger partial charge in [-0.1, -0.05) is 26.6 Å². The largest absolute Gasteiger partial charge is 0.550 e. The van der Waals surface area contributed by atoms with Crippen molar-refractivity contribution in [1.29, 1.82) is 0 Å². The summed E-state index contributed by atoms with van der Waals surface area (Å²) in [6.45, 7) is 15.0. The molecule has 16 heavy (non-hydrogen) atoms. The zero-order valence-corrected chi connectivity index (χ0v) is 13.6. The highest BCUT2D eigenvalue weighted by molar-refractivity contribution is 6.80. The van der Waals surface area contributed by atoms with Crippen LogP contribution in [0, 0.1) is 5.92 Å². The number of aliphatic carboxylic acids is 1. The van der Waals surface area contributed by atoms with E-state index >= 15 is 0 Å². The van der Waals surface area contributed by atoms with Gasteiger partial charge in [0.25, 0.3) is 0 Å². The molecule has 0 saturated carbocycles. The molecule has 0 radical (unpaired) electrons. The van der Waals surface area contributed by atoms with E-state index in [4.69, 9.17) is 4.43 Å². The summed E-state index contributed by atoms with van der Waals surface area (Å²) < 4.78 is 5.79. The van der Waals surface area contributed by atoms with E-state index in [1.807, 2.05) is 6.92 Å². The number of carboxylic acids is 1. The van der Waals surface area contributed by atoms with E-state index in [1.165, 1.54) is 0 Å². The molecule has 0 aliphatic carbocycles. The van der Waals surface area contributed by atoms with Crippen molar-refractivity contribution < 1.29 is 14.3 Å². The van der Waals surface area contributed by atoms with E-state index in [9.17, 15) is 9.90 Å². The molecule has 2 unspecified atom stereocenters. The molecular weight excluding hydrogens is 236 g/mol. The molecule has 0 aromatic heterocycles. The number of carbonyl (C=O) groups is 1. The average molecular weight is 261 g/mol. The highest BCUT2D eigenvalue weighted by Crippen LogP contribution is 2.30. The Bertz CT molecular complexity index is 241. The van der Waals surface area contributed by atoms with Crippen LogP contribution < -0.4 is 5.11 Å². The fourth-order valence-corrected chi connectivity index (χ4v) is 5.19. The Morgan fingerprint density at radius 2 is 1.62 bits per heavy atom. The second-order valence-corrected chi connectivity index (χ2v) is 16.4. The van der Waals surface area contributed by atoms with Crippen molar-refractivity contribution in [2.75, 3.05) is 6.61 Å². The van der Waals surface area contributed by atoms with Gasteiger partial charge < -0.3 is 14.3 Å². The lowest BCUT2D eigenvalue weighted by Gasteiger charge is -2.35. The Morgan fingerprint density at radius 3 is 1.88 bits per heavy atom. The smallest absolute Gasteiger partial charge is 0.183 e. The lowest BCUT2D eigenvalue weighted by molar-refractivity contribution is -0.306. The van der Waals surface area contributed by atoms with Crippen molar-refractivity contribution in [3.63, 3.8) is 0 Å². The third-order valence-corrected chi connectivity index (χ3v) is 6.24. The highest BCUT2D eigenvalue weighted by atomic mass is 28.4. The van der Waals surface area contributed by atoms with Crippen LogP contribution in [-0.4, -0.2) is 29.0 Å². The van der Waals surface area contributed by atoms with Gasteiger partial charge in [-0.15, -0.1) is 0 Å². The zero-order chi connectivity index (χ0) is 13.1. The summed E-state index contributed by atoms with van der Waals surface area (Å²) in [6.07, 6.45) is 0. The maximum Gasteiger partial charge on any atom is 0.183 e. The van der Waals surface area contributed by atoms with Crippen molar-refractivity contribution in [1.82, 2.24) is 0 Å². The first-order valence-corrected chi connectivity index (χ1v) is 12.8. The summed E-state index contributed by atoms with van der Waals surface area (Å²) >= 11 is 0. The van der Waals surface area contributed by atoms with Gasteiger partial charge in [0.05, 0.1) is 8.07 Å². The van der Waals surface area contributed by atoms with Crippen LogP contribution in [0.5, 0.6) is 0 Å². The Balaban J connectivity index is 4.54. The van der Waals surface area contributed by atoms with E-state index in [1.54, 1.807) is 0 Å². The third kappa shape index (κ3) is 5.81. The van der Waals surface area contributed by atoms with Crippen LogP contribution in [0.2, 0.25) is 44.8 Å². The van der Waals surface area contributed by atoms with E-state index in [0.717, 1.165) is 0 Å². The monoisotopic (exact) mass is 261 g/mol. The van der Waals surface area contributed by atoms with E-state index in [-0.39, 0.29) is 11.5 Å². The maximum absolute atomic E-state index is 11.2. The molecule has 0 heterocycles. The van der Waals surface area contributed by atoms with Crippen LogP contribution in [0.4, 0.5) is 0 Å². The molecule has 0 rings (SSSR count). The summed E-state index contributed by atoms with van der Waals surface area (Å²) in [5.74, 6) is -0.866. The molecule has 0 saturated heterocycles. The first-order chi connectivity index (χ1) is 6.95. The molecule has 0 amide bonds. The van der Waals surface area contributed by atoms with Crippen molar-refractivity contribution in [3.8, 4) is 0 Å². The van der Waals surface area contributed by atoms with Gasteiger partial charge in [-0.25, -0.2) is 0 Å². The van der Waals surface area contributed by atoms with E-state index in [0.29, 0.717) is 6.61 Å². The average Bonchev–Trinajstić information content (AvgIpc) is 1.95. The van der Waals surface area contributed by atoms with Crippen LogP contribution >= 0.6 is 0 Å². The Kier molecular flexibility index (Phi) is 5.42. The topological polar surface area (TPSA) is 49.4 Å². The van der Waals surface area contributed by atoms with Crippen LogP contribution in [0.1, 0.15) is 6.92 Å². The van der Waals surface area contributed by atoms with Gasteiger partial charge in [0.2, 0.25) is 0 Å². The van der Waals surface area contributed by atoms with Crippen LogP contribution in [0.3, 0.4) is 0 Å². The fraction of sp³-hybridized carbons (Fsp3) is 0.909. The molecule has 0 bridgehead atoms. The standard InChI is InChI=1S/C11H26O3Si2/c1-9(8-14-16(5,6)7)10(11(12)13)15(2,3)4/h9-10H,8H2,1-7H3,(H,12,13)/p-1. The SMILES string of the molecule is CC(CO[Si](C)(C)C)C(C(=O)[O-])[Si](C)(C)C. The van der Waals surface area contributed by atoms with E-state index in [2.05, 4.69) is 39.3 Å². The lowest BCUT2D eigenvalue weighted by Crippen LogP contribution is -2.46. The summed E-state index contributed by atoms with van der Waals surface area (Å²) in [5, 5.41) is 11.2. The summed E-state index contributed by atoms with van der Waals surface area (Å²) in [6, 6.07) is 0. The van der Waals surface area contributed by atoms with Crippen molar-refractivity contribution in [2.45, 2.75) is 51.7 Å². The molecule has 0 spiro atoms. The molecule has 0 N–H and O–H groups in total. The van der Waals surface area contributed by atoms with Gasteiger partial charge in [-0.3, -0.25) is 0 Å². The molecule has 0 aromatic carbocycles. The first kappa shape index (κ1) is 15.9. The van der Waals surface area contributed by atoms with Crippen LogP contribution in [0.25, 0.3) is 0 Å². The van der Waals surface area contributed by atoms with Crippen molar-refractivity contribution in [2.24, 2.45) is 5.92 Å². The van der Waals surface area contributed by atoms with Gasteiger partial charge in [0.15, 0.2) is 8.32 Å². The van der Waals surface area contributed by atoms with Crippen molar-refractivity contribution >= 4 is 22.4 Å². The minimum Gasteiger partial charge on any atom is -0.550 e. The van der Waals surface area contributed by atoms with Crippen LogP contribution in [-0.2, 0) is 9.22 Å². The normalized spacial score (nSPS) is 16.9. The molecule has 2 atom stereocenters. The maximum atomic E-state index is 11.2. The van der Waals surface area contributed by atoms with Gasteiger partial charge in [0.1, 0.15) is 0 Å². The molecule has 5 heteroatoms. The number of carboxylic acid groups (broad SMARTS) is 1. The second-order valence-electron chi connectivity index (χ2n) is 6.56. The molecule has 0 fully saturated rings. The zero-order valence-electron chi connectivity index (χ0n) is 11.6. The fourth-order valence-electron chi connectivity index (χ4n) is 1.92. The minimum atomic E-state index is -1.74. The minimum absolute atomic E-state index is 0.0448.